The Hall–Kier alpha value is -0.780. The summed E-state index contributed by atoms with van der Waals surface area (Å²) in [4.78, 5) is 11.6. The molecule has 20 heavy (non-hydrogen) atoms. The molecule has 0 bridgehead atoms. The van der Waals surface area contributed by atoms with Crippen LogP contribution in [0.25, 0.3) is 0 Å². The summed E-state index contributed by atoms with van der Waals surface area (Å²) in [6, 6.07) is 3.68. The second kappa shape index (κ2) is 7.29. The average molecular weight is 339 g/mol. The quantitative estimate of drug-likeness (QED) is 0.449. The molecule has 0 unspecified atom stereocenters. The van der Waals surface area contributed by atoms with Crippen molar-refractivity contribution in [2.75, 3.05) is 6.61 Å². The molecule has 4 nitrogen and oxygen atoms in total. The summed E-state index contributed by atoms with van der Waals surface area (Å²) >= 11 is 5.77. The van der Waals surface area contributed by atoms with E-state index in [0.29, 0.717) is 5.92 Å². The Balaban J connectivity index is 2.76. The molecule has 0 atom stereocenters. The molecule has 0 aromatic heterocycles. The molecule has 0 aliphatic carbocycles. The number of rotatable bonds is 6. The van der Waals surface area contributed by atoms with Gasteiger partial charge in [-0.1, -0.05) is 25.4 Å². The molecule has 1 aromatic rings. The SMILES string of the molecule is CC(C)CCCOC(=O)c1cc(Cl)cc(S(=O)(=O)Cl)c1. The highest BCUT2D eigenvalue weighted by molar-refractivity contribution is 8.13. The second-order valence-corrected chi connectivity index (χ2v) is 7.79. The number of ether oxygens (including phenoxy) is 1. The monoisotopic (exact) mass is 338 g/mol. The first kappa shape index (κ1) is 17.3. The number of hydrogen-bond acceptors (Lipinski definition) is 4. The first-order chi connectivity index (χ1) is 9.20. The van der Waals surface area contributed by atoms with Gasteiger partial charge in [0.05, 0.1) is 17.1 Å². The summed E-state index contributed by atoms with van der Waals surface area (Å²) in [7, 11) is 1.29. The summed E-state index contributed by atoms with van der Waals surface area (Å²) in [5.74, 6) is -0.0781. The molecular weight excluding hydrogens is 323 g/mol. The van der Waals surface area contributed by atoms with Crippen LogP contribution in [0.2, 0.25) is 5.02 Å². The minimum absolute atomic E-state index is 0.0706. The second-order valence-electron chi connectivity index (χ2n) is 4.79. The van der Waals surface area contributed by atoms with Crippen molar-refractivity contribution in [3.8, 4) is 0 Å². The first-order valence-corrected chi connectivity index (χ1v) is 8.81. The van der Waals surface area contributed by atoms with Gasteiger partial charge in [-0.2, -0.15) is 0 Å². The molecule has 0 radical (unpaired) electrons. The van der Waals surface area contributed by atoms with E-state index in [2.05, 4.69) is 13.8 Å². The molecule has 0 saturated carbocycles. The molecule has 1 rings (SSSR count). The van der Waals surface area contributed by atoms with E-state index in [9.17, 15) is 13.2 Å². The molecule has 112 valence electrons. The Kier molecular flexibility index (Phi) is 6.30. The molecule has 1 aromatic carbocycles. The maximum Gasteiger partial charge on any atom is 0.338 e. The topological polar surface area (TPSA) is 60.4 Å². The highest BCUT2D eigenvalue weighted by Gasteiger charge is 2.16. The number of benzene rings is 1. The van der Waals surface area contributed by atoms with Crippen LogP contribution in [0.4, 0.5) is 0 Å². The highest BCUT2D eigenvalue weighted by Crippen LogP contribution is 2.22. The Morgan fingerprint density at radius 1 is 1.30 bits per heavy atom. The van der Waals surface area contributed by atoms with E-state index < -0.39 is 15.0 Å². The number of carbonyl (C=O) groups excluding carboxylic acids is 1. The first-order valence-electron chi connectivity index (χ1n) is 6.12. The molecule has 0 aliphatic heterocycles. The average Bonchev–Trinajstić information content (AvgIpc) is 2.32. The Bertz CT molecular complexity index is 582. The number of esters is 1. The molecule has 0 spiro atoms. The smallest absolute Gasteiger partial charge is 0.338 e. The van der Waals surface area contributed by atoms with E-state index in [1.54, 1.807) is 0 Å². The molecule has 0 amide bonds. The zero-order chi connectivity index (χ0) is 15.3. The molecule has 0 saturated heterocycles. The van der Waals surface area contributed by atoms with Crippen LogP contribution < -0.4 is 0 Å². The van der Waals surface area contributed by atoms with Gasteiger partial charge in [-0.25, -0.2) is 13.2 Å². The predicted octanol–water partition coefficient (Wildman–Crippen LogP) is 3.86. The fraction of sp³-hybridized carbons (Fsp3) is 0.462. The standard InChI is InChI=1S/C13H16Cl2O4S/c1-9(2)4-3-5-19-13(16)10-6-11(14)8-12(7-10)20(15,17)18/h6-9H,3-5H2,1-2H3. The lowest BCUT2D eigenvalue weighted by Crippen LogP contribution is -2.08. The number of carbonyl (C=O) groups is 1. The molecule has 0 N–H and O–H groups in total. The fourth-order valence-electron chi connectivity index (χ4n) is 1.56. The van der Waals surface area contributed by atoms with Crippen molar-refractivity contribution >= 4 is 37.3 Å². The maximum absolute atomic E-state index is 11.8. The third-order valence-electron chi connectivity index (χ3n) is 2.55. The normalized spacial score (nSPS) is 11.7. The molecule has 0 heterocycles. The van der Waals surface area contributed by atoms with E-state index in [1.165, 1.54) is 12.1 Å². The van der Waals surface area contributed by atoms with Crippen LogP contribution >= 0.6 is 22.3 Å². The van der Waals surface area contributed by atoms with Crippen LogP contribution in [-0.4, -0.2) is 21.0 Å². The van der Waals surface area contributed by atoms with Crippen molar-refractivity contribution < 1.29 is 17.9 Å². The largest absolute Gasteiger partial charge is 0.462 e. The van der Waals surface area contributed by atoms with Gasteiger partial charge in [0.25, 0.3) is 9.05 Å². The van der Waals surface area contributed by atoms with Gasteiger partial charge in [0.2, 0.25) is 0 Å². The van der Waals surface area contributed by atoms with E-state index >= 15 is 0 Å². The zero-order valence-corrected chi connectivity index (χ0v) is 13.6. The van der Waals surface area contributed by atoms with E-state index in [1.807, 2.05) is 0 Å². The fourth-order valence-corrected chi connectivity index (χ4v) is 2.66. The van der Waals surface area contributed by atoms with Gasteiger partial charge in [-0.15, -0.1) is 0 Å². The zero-order valence-electron chi connectivity index (χ0n) is 11.2. The van der Waals surface area contributed by atoms with Crippen molar-refractivity contribution in [1.29, 1.82) is 0 Å². The van der Waals surface area contributed by atoms with Crippen molar-refractivity contribution in [2.45, 2.75) is 31.6 Å². The lowest BCUT2D eigenvalue weighted by Gasteiger charge is -2.07. The van der Waals surface area contributed by atoms with E-state index in [4.69, 9.17) is 27.0 Å². The summed E-state index contributed by atoms with van der Waals surface area (Å²) < 4.78 is 27.6. The minimum Gasteiger partial charge on any atom is -0.462 e. The molecule has 0 aliphatic rings. The van der Waals surface area contributed by atoms with E-state index in [0.717, 1.165) is 18.9 Å². The van der Waals surface area contributed by atoms with Crippen LogP contribution in [0, 0.1) is 5.92 Å². The van der Waals surface area contributed by atoms with Gasteiger partial charge in [0, 0.05) is 15.7 Å². The van der Waals surface area contributed by atoms with Crippen molar-refractivity contribution in [3.63, 3.8) is 0 Å². The van der Waals surface area contributed by atoms with Crippen LogP contribution in [0.3, 0.4) is 0 Å². The van der Waals surface area contributed by atoms with Gasteiger partial charge >= 0.3 is 5.97 Å². The highest BCUT2D eigenvalue weighted by atomic mass is 35.7. The lowest BCUT2D eigenvalue weighted by atomic mass is 10.1. The molecular formula is C13H16Cl2O4S. The van der Waals surface area contributed by atoms with Gasteiger partial charge in [0.1, 0.15) is 0 Å². The lowest BCUT2D eigenvalue weighted by molar-refractivity contribution is 0.0494. The Morgan fingerprint density at radius 3 is 2.50 bits per heavy atom. The Morgan fingerprint density at radius 2 is 1.95 bits per heavy atom. The van der Waals surface area contributed by atoms with Crippen molar-refractivity contribution in [3.05, 3.63) is 28.8 Å². The Labute approximate surface area is 128 Å². The van der Waals surface area contributed by atoms with Crippen molar-refractivity contribution in [1.82, 2.24) is 0 Å². The molecule has 0 fully saturated rings. The number of hydrogen-bond donors (Lipinski definition) is 0. The van der Waals surface area contributed by atoms with Gasteiger partial charge in [-0.05, 0) is 37.0 Å². The summed E-state index contributed by atoms with van der Waals surface area (Å²) in [6.45, 7) is 4.44. The van der Waals surface area contributed by atoms with Gasteiger partial charge in [0.15, 0.2) is 0 Å². The van der Waals surface area contributed by atoms with E-state index in [-0.39, 0.29) is 22.1 Å². The van der Waals surface area contributed by atoms with Crippen LogP contribution in [0.15, 0.2) is 23.1 Å². The number of halogens is 2. The summed E-state index contributed by atoms with van der Waals surface area (Å²) in [5, 5.41) is 0.112. The summed E-state index contributed by atoms with van der Waals surface area (Å²) in [6.07, 6.45) is 1.70. The third-order valence-corrected chi connectivity index (χ3v) is 4.10. The summed E-state index contributed by atoms with van der Waals surface area (Å²) in [5.41, 5.74) is 0.0706. The van der Waals surface area contributed by atoms with Crippen molar-refractivity contribution in [2.24, 2.45) is 5.92 Å². The maximum atomic E-state index is 11.8. The third kappa shape index (κ3) is 5.69. The van der Waals surface area contributed by atoms with Gasteiger partial charge in [-0.3, -0.25) is 0 Å². The van der Waals surface area contributed by atoms with Crippen LogP contribution in [0.5, 0.6) is 0 Å². The molecule has 7 heteroatoms. The van der Waals surface area contributed by atoms with Crippen LogP contribution in [-0.2, 0) is 13.8 Å². The predicted molar refractivity (Wildman–Crippen MR) is 78.8 cm³/mol. The van der Waals surface area contributed by atoms with Gasteiger partial charge < -0.3 is 4.74 Å². The minimum atomic E-state index is -3.94. The van der Waals surface area contributed by atoms with Crippen LogP contribution in [0.1, 0.15) is 37.0 Å².